The Kier molecular flexibility index (Phi) is 4.09. The van der Waals surface area contributed by atoms with E-state index in [1.54, 1.807) is 12.1 Å². The van der Waals surface area contributed by atoms with Gasteiger partial charge in [-0.2, -0.15) is 0 Å². The van der Waals surface area contributed by atoms with Crippen LogP contribution in [-0.2, 0) is 4.79 Å². The number of rotatable bonds is 5. The molecule has 0 radical (unpaired) electrons. The Balaban J connectivity index is 1.82. The van der Waals surface area contributed by atoms with Crippen molar-refractivity contribution in [3.05, 3.63) is 65.5 Å². The molecule has 1 aliphatic carbocycles. The van der Waals surface area contributed by atoms with Crippen molar-refractivity contribution in [2.75, 3.05) is 5.32 Å². The number of nitrogens with one attached hydrogen (secondary N) is 2. The molecule has 0 bridgehead atoms. The van der Waals surface area contributed by atoms with Gasteiger partial charge >= 0.3 is 0 Å². The molecular weight excluding hydrogens is 279 g/mol. The quantitative estimate of drug-likeness (QED) is 0.886. The zero-order chi connectivity index (χ0) is 15.5. The summed E-state index contributed by atoms with van der Waals surface area (Å²) >= 11 is 0. The lowest BCUT2D eigenvalue weighted by Gasteiger charge is -2.20. The van der Waals surface area contributed by atoms with Crippen LogP contribution in [0.3, 0.4) is 0 Å². The second-order valence-electron chi connectivity index (χ2n) is 5.78. The molecule has 1 atom stereocenters. The van der Waals surface area contributed by atoms with Crippen LogP contribution in [0.4, 0.5) is 10.1 Å². The third kappa shape index (κ3) is 3.64. The van der Waals surface area contributed by atoms with E-state index in [0.29, 0.717) is 0 Å². The smallest absolute Gasteiger partial charge is 0.247 e. The van der Waals surface area contributed by atoms with Gasteiger partial charge in [-0.3, -0.25) is 4.79 Å². The highest BCUT2D eigenvalue weighted by atomic mass is 19.1. The van der Waals surface area contributed by atoms with E-state index < -0.39 is 6.04 Å². The molecule has 4 heteroatoms. The molecule has 0 unspecified atom stereocenters. The maximum atomic E-state index is 13.1. The zero-order valence-electron chi connectivity index (χ0n) is 12.5. The van der Waals surface area contributed by atoms with Crippen molar-refractivity contribution in [2.24, 2.45) is 0 Å². The average molecular weight is 298 g/mol. The molecule has 3 rings (SSSR count). The first-order chi connectivity index (χ1) is 10.6. The summed E-state index contributed by atoms with van der Waals surface area (Å²) in [5.41, 5.74) is 2.78. The molecule has 0 spiro atoms. The van der Waals surface area contributed by atoms with Gasteiger partial charge < -0.3 is 10.6 Å². The van der Waals surface area contributed by atoms with Gasteiger partial charge in [0.05, 0.1) is 0 Å². The second-order valence-corrected chi connectivity index (χ2v) is 5.78. The van der Waals surface area contributed by atoms with Crippen LogP contribution in [0.5, 0.6) is 0 Å². The Labute approximate surface area is 129 Å². The van der Waals surface area contributed by atoms with Crippen molar-refractivity contribution in [2.45, 2.75) is 31.8 Å². The molecule has 1 amide bonds. The number of carbonyl (C=O) groups is 1. The number of aryl methyl sites for hydroxylation is 1. The van der Waals surface area contributed by atoms with Gasteiger partial charge in [0.1, 0.15) is 11.9 Å². The molecule has 2 aromatic rings. The van der Waals surface area contributed by atoms with E-state index in [0.717, 1.165) is 29.7 Å². The van der Waals surface area contributed by atoms with E-state index in [-0.39, 0.29) is 17.8 Å². The Bertz CT molecular complexity index is 648. The van der Waals surface area contributed by atoms with Crippen LogP contribution >= 0.6 is 0 Å². The van der Waals surface area contributed by atoms with Crippen molar-refractivity contribution in [1.29, 1.82) is 0 Å². The fourth-order valence-electron chi connectivity index (χ4n) is 2.28. The van der Waals surface area contributed by atoms with Crippen LogP contribution in [-0.4, -0.2) is 11.9 Å². The third-order valence-electron chi connectivity index (χ3n) is 3.75. The Hall–Kier alpha value is -2.36. The lowest BCUT2D eigenvalue weighted by Crippen LogP contribution is -2.34. The fraction of sp³-hybridized carbons (Fsp3) is 0.278. The van der Waals surface area contributed by atoms with Crippen LogP contribution < -0.4 is 10.6 Å². The Morgan fingerprint density at radius 3 is 2.32 bits per heavy atom. The van der Waals surface area contributed by atoms with Crippen molar-refractivity contribution in [3.63, 3.8) is 0 Å². The van der Waals surface area contributed by atoms with Crippen molar-refractivity contribution < 1.29 is 9.18 Å². The number of halogens is 1. The first-order valence-corrected chi connectivity index (χ1v) is 7.51. The maximum Gasteiger partial charge on any atom is 0.247 e. The summed E-state index contributed by atoms with van der Waals surface area (Å²) in [6.07, 6.45) is 2.07. The number of hydrogen-bond acceptors (Lipinski definition) is 2. The number of amides is 1. The van der Waals surface area contributed by atoms with Gasteiger partial charge in [-0.1, -0.05) is 29.8 Å². The molecule has 0 heterocycles. The van der Waals surface area contributed by atoms with E-state index in [4.69, 9.17) is 0 Å². The molecule has 2 aromatic carbocycles. The molecule has 0 aliphatic heterocycles. The van der Waals surface area contributed by atoms with Gasteiger partial charge in [0.15, 0.2) is 0 Å². The monoisotopic (exact) mass is 298 g/mol. The molecular formula is C18H19FN2O. The van der Waals surface area contributed by atoms with E-state index in [2.05, 4.69) is 10.6 Å². The summed E-state index contributed by atoms with van der Waals surface area (Å²) in [5, 5.41) is 6.24. The van der Waals surface area contributed by atoms with Gasteiger partial charge in [-0.05, 0) is 49.6 Å². The number of carbonyl (C=O) groups excluding carboxylic acids is 1. The molecule has 0 saturated heterocycles. The van der Waals surface area contributed by atoms with Crippen LogP contribution in [0.15, 0.2) is 48.5 Å². The van der Waals surface area contributed by atoms with Crippen LogP contribution in [0.2, 0.25) is 0 Å². The molecule has 114 valence electrons. The number of anilines is 1. The second kappa shape index (κ2) is 6.18. The van der Waals surface area contributed by atoms with Gasteiger partial charge in [0.25, 0.3) is 0 Å². The van der Waals surface area contributed by atoms with Crippen molar-refractivity contribution in [1.82, 2.24) is 5.32 Å². The molecule has 22 heavy (non-hydrogen) atoms. The number of hydrogen-bond donors (Lipinski definition) is 2. The lowest BCUT2D eigenvalue weighted by atomic mass is 10.1. The largest absolute Gasteiger partial charge is 0.370 e. The standard InChI is InChI=1S/C18H19FN2O/c1-12-2-8-15(9-3-12)20-17(18(22)21-16-10-11-16)13-4-6-14(19)7-5-13/h2-9,16-17,20H,10-11H2,1H3,(H,21,22)/t17-/m0/s1. The predicted molar refractivity (Wildman–Crippen MR) is 85.1 cm³/mol. The zero-order valence-corrected chi connectivity index (χ0v) is 12.5. The average Bonchev–Trinajstić information content (AvgIpc) is 3.31. The van der Waals surface area contributed by atoms with Crippen molar-refractivity contribution >= 4 is 11.6 Å². The van der Waals surface area contributed by atoms with Gasteiger partial charge in [0, 0.05) is 11.7 Å². The maximum absolute atomic E-state index is 13.1. The summed E-state index contributed by atoms with van der Waals surface area (Å²) in [4.78, 5) is 12.5. The summed E-state index contributed by atoms with van der Waals surface area (Å²) in [7, 11) is 0. The van der Waals surface area contributed by atoms with Crippen LogP contribution in [0, 0.1) is 12.7 Å². The molecule has 3 nitrogen and oxygen atoms in total. The molecule has 0 aromatic heterocycles. The third-order valence-corrected chi connectivity index (χ3v) is 3.75. The summed E-state index contributed by atoms with van der Waals surface area (Å²) in [5.74, 6) is -0.380. The first-order valence-electron chi connectivity index (χ1n) is 7.51. The highest BCUT2D eigenvalue weighted by molar-refractivity contribution is 5.86. The minimum absolute atomic E-state index is 0.0744. The molecule has 1 aliphatic rings. The predicted octanol–water partition coefficient (Wildman–Crippen LogP) is 3.57. The summed E-state index contributed by atoms with van der Waals surface area (Å²) < 4.78 is 13.1. The van der Waals surface area contributed by atoms with E-state index in [1.165, 1.54) is 12.1 Å². The molecule has 1 saturated carbocycles. The van der Waals surface area contributed by atoms with Crippen molar-refractivity contribution in [3.8, 4) is 0 Å². The molecule has 1 fully saturated rings. The highest BCUT2D eigenvalue weighted by Crippen LogP contribution is 2.24. The fourth-order valence-corrected chi connectivity index (χ4v) is 2.28. The van der Waals surface area contributed by atoms with E-state index >= 15 is 0 Å². The minimum atomic E-state index is -0.524. The minimum Gasteiger partial charge on any atom is -0.370 e. The normalized spacial score (nSPS) is 15.2. The number of benzene rings is 2. The lowest BCUT2D eigenvalue weighted by molar-refractivity contribution is -0.122. The van der Waals surface area contributed by atoms with Gasteiger partial charge in [-0.15, -0.1) is 0 Å². The Morgan fingerprint density at radius 1 is 1.09 bits per heavy atom. The SMILES string of the molecule is Cc1ccc(N[C@H](C(=O)NC2CC2)c2ccc(F)cc2)cc1. The Morgan fingerprint density at radius 2 is 1.73 bits per heavy atom. The van der Waals surface area contributed by atoms with Crippen LogP contribution in [0.25, 0.3) is 0 Å². The van der Waals surface area contributed by atoms with Gasteiger partial charge in [-0.25, -0.2) is 4.39 Å². The first kappa shape index (κ1) is 14.6. The highest BCUT2D eigenvalue weighted by Gasteiger charge is 2.28. The molecule has 2 N–H and O–H groups in total. The van der Waals surface area contributed by atoms with E-state index in [1.807, 2.05) is 31.2 Å². The summed E-state index contributed by atoms with van der Waals surface area (Å²) in [6, 6.07) is 13.7. The van der Waals surface area contributed by atoms with Gasteiger partial charge in [0.2, 0.25) is 5.91 Å². The van der Waals surface area contributed by atoms with Crippen LogP contribution in [0.1, 0.15) is 30.0 Å². The summed E-state index contributed by atoms with van der Waals surface area (Å²) in [6.45, 7) is 2.01. The van der Waals surface area contributed by atoms with E-state index in [9.17, 15) is 9.18 Å². The topological polar surface area (TPSA) is 41.1 Å².